The summed E-state index contributed by atoms with van der Waals surface area (Å²) in [5.74, 6) is -2.72. The zero-order valence-corrected chi connectivity index (χ0v) is 27.9. The average Bonchev–Trinajstić information content (AvgIpc) is 3.53. The molecule has 1 N–H and O–H groups in total. The number of carbonyl (C=O) groups excluding carboxylic acids is 1. The maximum atomic E-state index is 15.3. The fourth-order valence-corrected chi connectivity index (χ4v) is 9.44. The lowest BCUT2D eigenvalue weighted by Crippen LogP contribution is -2.49. The Balaban J connectivity index is 1.09. The van der Waals surface area contributed by atoms with E-state index in [0.29, 0.717) is 31.0 Å². The topological polar surface area (TPSA) is 87.5 Å². The predicted molar refractivity (Wildman–Crippen MR) is 177 cm³/mol. The number of hydrogen-bond donors (Lipinski definition) is 1. The molecule has 3 fully saturated rings. The molecule has 1 aromatic heterocycles. The van der Waals surface area contributed by atoms with Gasteiger partial charge in [0.1, 0.15) is 27.9 Å². The number of para-hydroxylation sites is 2. The molecule has 7 rings (SSSR count). The van der Waals surface area contributed by atoms with Gasteiger partial charge in [0.05, 0.1) is 11.0 Å². The van der Waals surface area contributed by atoms with Crippen LogP contribution in [-0.4, -0.2) is 72.4 Å². The van der Waals surface area contributed by atoms with Crippen molar-refractivity contribution < 1.29 is 26.4 Å². The van der Waals surface area contributed by atoms with Gasteiger partial charge in [0, 0.05) is 31.2 Å². The van der Waals surface area contributed by atoms with Crippen LogP contribution in [0.2, 0.25) is 0 Å². The van der Waals surface area contributed by atoms with Crippen LogP contribution in [0.5, 0.6) is 0 Å². The summed E-state index contributed by atoms with van der Waals surface area (Å²) >= 11 is 0. The van der Waals surface area contributed by atoms with Gasteiger partial charge in [0.2, 0.25) is 10.0 Å². The van der Waals surface area contributed by atoms with Gasteiger partial charge in [-0.1, -0.05) is 24.3 Å². The monoisotopic (exact) mass is 679 g/mol. The fourth-order valence-electron chi connectivity index (χ4n) is 8.63. The first-order valence-corrected chi connectivity index (χ1v) is 18.2. The van der Waals surface area contributed by atoms with E-state index < -0.39 is 43.4 Å². The highest BCUT2D eigenvalue weighted by molar-refractivity contribution is 7.89. The molecule has 1 amide bonds. The Morgan fingerprint density at radius 3 is 2.35 bits per heavy atom. The van der Waals surface area contributed by atoms with Crippen LogP contribution >= 0.6 is 0 Å². The van der Waals surface area contributed by atoms with Gasteiger partial charge in [0.15, 0.2) is 5.82 Å². The molecule has 3 saturated heterocycles. The number of aryl methyl sites for hydroxylation is 1. The molecule has 48 heavy (non-hydrogen) atoms. The van der Waals surface area contributed by atoms with E-state index in [9.17, 15) is 22.0 Å². The number of hydrogen-bond acceptors (Lipinski definition) is 5. The molecule has 0 radical (unpaired) electrons. The Labute approximate surface area is 279 Å². The average molecular weight is 680 g/mol. The number of likely N-dealkylation sites (tertiary alicyclic amines) is 1. The highest BCUT2D eigenvalue weighted by Crippen LogP contribution is 2.45. The maximum absolute atomic E-state index is 15.3. The normalized spacial score (nSPS) is 22.8. The van der Waals surface area contributed by atoms with E-state index in [-0.39, 0.29) is 18.9 Å². The summed E-state index contributed by atoms with van der Waals surface area (Å²) in [4.78, 5) is 21.5. The number of imidazole rings is 1. The Morgan fingerprint density at radius 1 is 0.958 bits per heavy atom. The quantitative estimate of drug-likeness (QED) is 0.243. The molecule has 2 bridgehead atoms. The first-order valence-electron chi connectivity index (χ1n) is 16.7. The molecule has 3 aromatic carbocycles. The minimum Gasteiger partial charge on any atom is -0.338 e. The van der Waals surface area contributed by atoms with E-state index in [0.717, 1.165) is 74.7 Å². The molecular formula is C36H40F3N5O3S. The van der Waals surface area contributed by atoms with Crippen molar-refractivity contribution in [2.75, 3.05) is 26.7 Å². The Hall–Kier alpha value is -3.74. The molecule has 3 aliphatic rings. The molecule has 12 heteroatoms. The lowest BCUT2D eigenvalue weighted by atomic mass is 9.70. The van der Waals surface area contributed by atoms with Crippen LogP contribution in [0.1, 0.15) is 72.7 Å². The third-order valence-corrected chi connectivity index (χ3v) is 12.5. The highest BCUT2D eigenvalue weighted by Gasteiger charge is 2.44. The van der Waals surface area contributed by atoms with Gasteiger partial charge < -0.3 is 9.47 Å². The molecular weight excluding hydrogens is 639 g/mol. The van der Waals surface area contributed by atoms with Gasteiger partial charge in [-0.05, 0) is 113 Å². The summed E-state index contributed by atoms with van der Waals surface area (Å²) < 4.78 is 73.9. The van der Waals surface area contributed by atoms with Crippen LogP contribution in [0.25, 0.3) is 11.0 Å². The Morgan fingerprint density at radius 2 is 1.67 bits per heavy atom. The van der Waals surface area contributed by atoms with Gasteiger partial charge in [-0.25, -0.2) is 31.3 Å². The van der Waals surface area contributed by atoms with Crippen LogP contribution < -0.4 is 4.72 Å². The second-order valence-electron chi connectivity index (χ2n) is 13.5. The second-order valence-corrected chi connectivity index (χ2v) is 15.4. The molecule has 254 valence electrons. The second kappa shape index (κ2) is 12.6. The molecule has 8 nitrogen and oxygen atoms in total. The lowest BCUT2D eigenvalue weighted by molar-refractivity contribution is 0.0598. The first kappa shape index (κ1) is 32.8. The standard InChI is InChI=1S/C36H40F3N5O3S/c1-23-41-30-8-3-4-9-31(30)44(23)28-21-26-10-11-27(22-28)43(26)19-16-36(24-6-5-7-25(37)20-24)14-17-42(18-15-36)35(45)33-29(38)12-13-32(34(33)39)48(46,47)40-2/h3-9,12-13,20,26-28,40H,10-11,14-19,21-22H2,1-2H3/t26-,27+,28?. The van der Waals surface area contributed by atoms with Crippen LogP contribution in [0.4, 0.5) is 13.2 Å². The van der Waals surface area contributed by atoms with Crippen molar-refractivity contribution >= 4 is 27.0 Å². The SMILES string of the molecule is CNS(=O)(=O)c1ccc(F)c(C(=O)N2CCC(CCN3[C@@H]4CC[C@H]3CC(n3c(C)nc5ccccc53)C4)(c3cccc(F)c3)CC2)c1F. The fraction of sp³-hybridized carbons (Fsp3) is 0.444. The van der Waals surface area contributed by atoms with Crippen LogP contribution in [0.15, 0.2) is 65.6 Å². The van der Waals surface area contributed by atoms with Gasteiger partial charge in [-0.2, -0.15) is 0 Å². The van der Waals surface area contributed by atoms with Gasteiger partial charge in [-0.15, -0.1) is 0 Å². The summed E-state index contributed by atoms with van der Waals surface area (Å²) in [6, 6.07) is 17.7. The lowest BCUT2D eigenvalue weighted by Gasteiger charge is -2.45. The number of fused-ring (bicyclic) bond motifs is 3. The molecule has 4 aromatic rings. The predicted octanol–water partition coefficient (Wildman–Crippen LogP) is 6.10. The number of sulfonamides is 1. The number of rotatable bonds is 8. The molecule has 3 aliphatic heterocycles. The summed E-state index contributed by atoms with van der Waals surface area (Å²) in [6.45, 7) is 3.29. The summed E-state index contributed by atoms with van der Waals surface area (Å²) in [6.07, 6.45) is 6.03. The van der Waals surface area contributed by atoms with E-state index in [1.54, 1.807) is 12.1 Å². The van der Waals surface area contributed by atoms with Crippen molar-refractivity contribution in [3.8, 4) is 0 Å². The number of amides is 1. The Bertz CT molecular complexity index is 1960. The van der Waals surface area contributed by atoms with E-state index in [2.05, 4.69) is 34.6 Å². The van der Waals surface area contributed by atoms with Crippen LogP contribution in [0, 0.1) is 24.4 Å². The smallest absolute Gasteiger partial charge is 0.259 e. The van der Waals surface area contributed by atoms with E-state index in [1.165, 1.54) is 16.5 Å². The van der Waals surface area contributed by atoms with Gasteiger partial charge >= 0.3 is 0 Å². The largest absolute Gasteiger partial charge is 0.338 e. The van der Waals surface area contributed by atoms with Crippen molar-refractivity contribution in [3.63, 3.8) is 0 Å². The number of benzene rings is 3. The number of nitrogens with one attached hydrogen (secondary N) is 1. The van der Waals surface area contributed by atoms with E-state index in [4.69, 9.17) is 4.98 Å². The zero-order chi connectivity index (χ0) is 33.8. The van der Waals surface area contributed by atoms with Crippen LogP contribution in [-0.2, 0) is 15.4 Å². The van der Waals surface area contributed by atoms with Crippen molar-refractivity contribution in [2.45, 2.75) is 80.3 Å². The number of carbonyl (C=O) groups is 1. The van der Waals surface area contributed by atoms with Crippen molar-refractivity contribution in [2.24, 2.45) is 0 Å². The summed E-state index contributed by atoms with van der Waals surface area (Å²) in [5, 5.41) is 0. The molecule has 0 aliphatic carbocycles. The Kier molecular flexibility index (Phi) is 8.62. The number of aromatic nitrogens is 2. The highest BCUT2D eigenvalue weighted by atomic mass is 32.2. The number of piperidine rings is 2. The van der Waals surface area contributed by atoms with Crippen molar-refractivity contribution in [1.82, 2.24) is 24.1 Å². The summed E-state index contributed by atoms with van der Waals surface area (Å²) in [7, 11) is -3.13. The summed E-state index contributed by atoms with van der Waals surface area (Å²) in [5.41, 5.74) is 1.73. The van der Waals surface area contributed by atoms with Crippen molar-refractivity contribution in [3.05, 3.63) is 95.1 Å². The van der Waals surface area contributed by atoms with Gasteiger partial charge in [-0.3, -0.25) is 9.69 Å². The third kappa shape index (κ3) is 5.71. The maximum Gasteiger partial charge on any atom is 0.259 e. The molecule has 3 atom stereocenters. The van der Waals surface area contributed by atoms with E-state index >= 15 is 4.39 Å². The molecule has 4 heterocycles. The molecule has 1 unspecified atom stereocenters. The first-order chi connectivity index (χ1) is 23.0. The minimum absolute atomic E-state index is 0.194. The minimum atomic E-state index is -4.25. The van der Waals surface area contributed by atoms with Crippen molar-refractivity contribution in [1.29, 1.82) is 0 Å². The molecule has 0 spiro atoms. The van der Waals surface area contributed by atoms with E-state index in [1.807, 2.05) is 16.9 Å². The number of nitrogens with zero attached hydrogens (tertiary/aromatic N) is 4. The third-order valence-electron chi connectivity index (χ3n) is 11.1. The van der Waals surface area contributed by atoms with Gasteiger partial charge in [0.25, 0.3) is 5.91 Å². The number of halogens is 3. The zero-order valence-electron chi connectivity index (χ0n) is 27.1. The molecule has 0 saturated carbocycles. The van der Waals surface area contributed by atoms with Crippen LogP contribution in [0.3, 0.4) is 0 Å².